The molecule has 4 rings (SSSR count). The highest BCUT2D eigenvalue weighted by Crippen LogP contribution is 2.31. The van der Waals surface area contributed by atoms with E-state index in [-0.39, 0.29) is 6.10 Å². The Bertz CT molecular complexity index is 1320. The first-order chi connectivity index (χ1) is 20.6. The molecule has 0 N–H and O–H groups in total. The standard InChI is InChI=1S/C41H52O/c1-5-7-9-10-11-12-13-14-16-34-17-19-35(20-18-34)36-21-23-37(24-22-36)39-27-30-41(32(3)31-39)38-25-28-40(29-26-38)42-33(4)15-8-6-2/h17-31,33H,5-16H2,1-4H3. The van der Waals surface area contributed by atoms with E-state index in [9.17, 15) is 0 Å². The van der Waals surface area contributed by atoms with Crippen LogP contribution in [-0.2, 0) is 6.42 Å². The Morgan fingerprint density at radius 3 is 1.62 bits per heavy atom. The van der Waals surface area contributed by atoms with E-state index in [0.29, 0.717) is 0 Å². The number of hydrogen-bond donors (Lipinski definition) is 0. The van der Waals surface area contributed by atoms with Crippen LogP contribution < -0.4 is 4.74 Å². The zero-order valence-corrected chi connectivity index (χ0v) is 26.6. The minimum Gasteiger partial charge on any atom is -0.491 e. The molecular formula is C41H52O. The Hall–Kier alpha value is -3.32. The summed E-state index contributed by atoms with van der Waals surface area (Å²) in [6.45, 7) is 8.88. The molecule has 1 unspecified atom stereocenters. The second-order valence-corrected chi connectivity index (χ2v) is 12.1. The fourth-order valence-corrected chi connectivity index (χ4v) is 5.85. The summed E-state index contributed by atoms with van der Waals surface area (Å²) in [5, 5.41) is 0. The Morgan fingerprint density at radius 1 is 0.524 bits per heavy atom. The minimum atomic E-state index is 0.257. The molecule has 0 spiro atoms. The van der Waals surface area contributed by atoms with Gasteiger partial charge in [0.05, 0.1) is 6.10 Å². The quantitative estimate of drug-likeness (QED) is 0.117. The van der Waals surface area contributed by atoms with E-state index >= 15 is 0 Å². The summed E-state index contributed by atoms with van der Waals surface area (Å²) in [6, 6.07) is 33.6. The first-order valence-corrected chi connectivity index (χ1v) is 16.6. The fourth-order valence-electron chi connectivity index (χ4n) is 5.85. The van der Waals surface area contributed by atoms with Crippen molar-refractivity contribution in [3.8, 4) is 39.1 Å². The van der Waals surface area contributed by atoms with Crippen molar-refractivity contribution in [2.24, 2.45) is 0 Å². The summed E-state index contributed by atoms with van der Waals surface area (Å²) < 4.78 is 6.10. The van der Waals surface area contributed by atoms with Gasteiger partial charge in [-0.15, -0.1) is 0 Å². The predicted molar refractivity (Wildman–Crippen MR) is 183 cm³/mol. The zero-order chi connectivity index (χ0) is 29.6. The van der Waals surface area contributed by atoms with Gasteiger partial charge >= 0.3 is 0 Å². The molecule has 1 nitrogen and oxygen atoms in total. The Morgan fingerprint density at radius 2 is 1.02 bits per heavy atom. The SMILES string of the molecule is CCCCCCCCCCc1ccc(-c2ccc(-c3ccc(-c4ccc(OC(C)CCCC)cc4)c(C)c3)cc2)cc1. The maximum absolute atomic E-state index is 6.10. The van der Waals surface area contributed by atoms with E-state index in [1.807, 2.05) is 0 Å². The second-order valence-electron chi connectivity index (χ2n) is 12.1. The van der Waals surface area contributed by atoms with Gasteiger partial charge in [0.25, 0.3) is 0 Å². The number of benzene rings is 4. The molecule has 222 valence electrons. The Balaban J connectivity index is 1.30. The van der Waals surface area contributed by atoms with Crippen LogP contribution >= 0.6 is 0 Å². The van der Waals surface area contributed by atoms with E-state index < -0.39 is 0 Å². The van der Waals surface area contributed by atoms with E-state index in [4.69, 9.17) is 4.74 Å². The van der Waals surface area contributed by atoms with Crippen LogP contribution in [0.5, 0.6) is 5.75 Å². The maximum atomic E-state index is 6.10. The molecule has 0 aromatic heterocycles. The number of rotatable bonds is 17. The van der Waals surface area contributed by atoms with Crippen LogP contribution in [0.2, 0.25) is 0 Å². The number of ether oxygens (including phenoxy) is 1. The van der Waals surface area contributed by atoms with E-state index in [1.54, 1.807) is 0 Å². The molecule has 0 amide bonds. The van der Waals surface area contributed by atoms with Crippen LogP contribution in [0, 0.1) is 6.92 Å². The second kappa shape index (κ2) is 17.0. The molecule has 0 saturated carbocycles. The van der Waals surface area contributed by atoms with Gasteiger partial charge in [-0.1, -0.05) is 150 Å². The van der Waals surface area contributed by atoms with Crippen molar-refractivity contribution in [3.63, 3.8) is 0 Å². The smallest absolute Gasteiger partial charge is 0.119 e. The maximum Gasteiger partial charge on any atom is 0.119 e. The molecule has 0 aliphatic rings. The lowest BCUT2D eigenvalue weighted by Crippen LogP contribution is -2.11. The van der Waals surface area contributed by atoms with Crippen LogP contribution in [0.1, 0.15) is 103 Å². The molecule has 0 aliphatic heterocycles. The molecule has 0 aliphatic carbocycles. The molecule has 0 heterocycles. The molecule has 4 aromatic carbocycles. The van der Waals surface area contributed by atoms with Gasteiger partial charge in [0.1, 0.15) is 5.75 Å². The number of unbranched alkanes of at least 4 members (excludes halogenated alkanes) is 8. The highest BCUT2D eigenvalue weighted by molar-refractivity contribution is 5.75. The normalized spacial score (nSPS) is 11.9. The van der Waals surface area contributed by atoms with Gasteiger partial charge in [-0.2, -0.15) is 0 Å². The lowest BCUT2D eigenvalue weighted by molar-refractivity contribution is 0.207. The lowest BCUT2D eigenvalue weighted by Gasteiger charge is -2.15. The van der Waals surface area contributed by atoms with Gasteiger partial charge in [0.2, 0.25) is 0 Å². The van der Waals surface area contributed by atoms with Gasteiger partial charge < -0.3 is 4.74 Å². The van der Waals surface area contributed by atoms with Crippen LogP contribution in [-0.4, -0.2) is 6.10 Å². The Kier molecular flexibility index (Phi) is 12.8. The van der Waals surface area contributed by atoms with E-state index in [1.165, 1.54) is 115 Å². The summed E-state index contributed by atoms with van der Waals surface area (Å²) in [5.74, 6) is 0.954. The van der Waals surface area contributed by atoms with Crippen molar-refractivity contribution in [1.29, 1.82) is 0 Å². The predicted octanol–water partition coefficient (Wildman–Crippen LogP) is 12.6. The molecule has 0 bridgehead atoms. The zero-order valence-electron chi connectivity index (χ0n) is 26.6. The first kappa shape index (κ1) is 31.6. The number of hydrogen-bond acceptors (Lipinski definition) is 1. The average Bonchev–Trinajstić information content (AvgIpc) is 3.02. The topological polar surface area (TPSA) is 9.23 Å². The summed E-state index contributed by atoms with van der Waals surface area (Å²) in [7, 11) is 0. The van der Waals surface area contributed by atoms with Crippen molar-refractivity contribution in [1.82, 2.24) is 0 Å². The summed E-state index contributed by atoms with van der Waals surface area (Å²) in [5.41, 5.74) is 10.3. The van der Waals surface area contributed by atoms with Crippen LogP contribution in [0.25, 0.3) is 33.4 Å². The van der Waals surface area contributed by atoms with Gasteiger partial charge in [0, 0.05) is 0 Å². The van der Waals surface area contributed by atoms with Gasteiger partial charge in [-0.05, 0) is 89.8 Å². The van der Waals surface area contributed by atoms with E-state index in [2.05, 4.69) is 119 Å². The Labute approximate surface area is 256 Å². The third kappa shape index (κ3) is 9.62. The average molecular weight is 561 g/mol. The summed E-state index contributed by atoms with van der Waals surface area (Å²) in [6.07, 6.45) is 16.0. The van der Waals surface area contributed by atoms with Crippen LogP contribution in [0.15, 0.2) is 91.0 Å². The van der Waals surface area contributed by atoms with Gasteiger partial charge in [-0.25, -0.2) is 0 Å². The molecule has 1 atom stereocenters. The first-order valence-electron chi connectivity index (χ1n) is 16.6. The third-order valence-corrected chi connectivity index (χ3v) is 8.52. The molecule has 0 saturated heterocycles. The molecule has 42 heavy (non-hydrogen) atoms. The van der Waals surface area contributed by atoms with Gasteiger partial charge in [-0.3, -0.25) is 0 Å². The lowest BCUT2D eigenvalue weighted by atomic mass is 9.94. The van der Waals surface area contributed by atoms with Crippen molar-refractivity contribution in [3.05, 3.63) is 102 Å². The monoisotopic (exact) mass is 560 g/mol. The minimum absolute atomic E-state index is 0.257. The molecule has 0 radical (unpaired) electrons. The summed E-state index contributed by atoms with van der Waals surface area (Å²) in [4.78, 5) is 0. The van der Waals surface area contributed by atoms with Crippen molar-refractivity contribution in [2.45, 2.75) is 111 Å². The molecular weight excluding hydrogens is 508 g/mol. The molecule has 4 aromatic rings. The summed E-state index contributed by atoms with van der Waals surface area (Å²) >= 11 is 0. The third-order valence-electron chi connectivity index (χ3n) is 8.52. The van der Waals surface area contributed by atoms with Gasteiger partial charge in [0.15, 0.2) is 0 Å². The van der Waals surface area contributed by atoms with Crippen molar-refractivity contribution in [2.75, 3.05) is 0 Å². The highest BCUT2D eigenvalue weighted by Gasteiger charge is 2.08. The van der Waals surface area contributed by atoms with Crippen LogP contribution in [0.3, 0.4) is 0 Å². The fraction of sp³-hybridized carbons (Fsp3) is 0.415. The largest absolute Gasteiger partial charge is 0.491 e. The molecule has 1 heteroatoms. The highest BCUT2D eigenvalue weighted by atomic mass is 16.5. The van der Waals surface area contributed by atoms with Crippen LogP contribution in [0.4, 0.5) is 0 Å². The number of aryl methyl sites for hydroxylation is 2. The van der Waals surface area contributed by atoms with Crippen molar-refractivity contribution < 1.29 is 4.74 Å². The molecule has 0 fully saturated rings. The van der Waals surface area contributed by atoms with E-state index in [0.717, 1.165) is 12.2 Å². The van der Waals surface area contributed by atoms with Crippen molar-refractivity contribution >= 4 is 0 Å².